The fourth-order valence-electron chi connectivity index (χ4n) is 1.36. The molecule has 96 valence electrons. The van der Waals surface area contributed by atoms with Gasteiger partial charge in [-0.25, -0.2) is 8.78 Å². The quantitative estimate of drug-likeness (QED) is 0.797. The maximum absolute atomic E-state index is 11.9. The van der Waals surface area contributed by atoms with E-state index < -0.39 is 18.9 Å². The summed E-state index contributed by atoms with van der Waals surface area (Å²) in [5.74, 6) is 5.06. The third-order valence-electron chi connectivity index (χ3n) is 2.23. The Balaban J connectivity index is 2.80. The average Bonchev–Trinajstić information content (AvgIpc) is 2.34. The fourth-order valence-corrected chi connectivity index (χ4v) is 1.36. The molecule has 0 radical (unpaired) electrons. The molecule has 0 unspecified atom stereocenters. The van der Waals surface area contributed by atoms with Gasteiger partial charge in [-0.3, -0.25) is 4.79 Å². The predicted molar refractivity (Wildman–Crippen MR) is 65.4 cm³/mol. The standard InChI is InChI=1S/C13H14F2N2O/c1-9-7-11(13(18)17-8-12(14)15)5-4-10(9)3-2-6-16/h4-5,7,12H,6,8,16H2,1H3,(H,17,18). The van der Waals surface area contributed by atoms with E-state index in [1.807, 2.05) is 0 Å². The van der Waals surface area contributed by atoms with E-state index in [0.29, 0.717) is 5.56 Å². The van der Waals surface area contributed by atoms with Gasteiger partial charge in [0.05, 0.1) is 13.1 Å². The van der Waals surface area contributed by atoms with Gasteiger partial charge in [0.2, 0.25) is 0 Å². The lowest BCUT2D eigenvalue weighted by atomic mass is 10.0. The Labute approximate surface area is 104 Å². The topological polar surface area (TPSA) is 55.1 Å². The predicted octanol–water partition coefficient (Wildman–Crippen LogP) is 1.30. The molecule has 0 aromatic heterocycles. The van der Waals surface area contributed by atoms with Crippen molar-refractivity contribution in [3.8, 4) is 11.8 Å². The number of rotatable bonds is 3. The first-order valence-corrected chi connectivity index (χ1v) is 5.40. The molecular weight excluding hydrogens is 238 g/mol. The number of halogens is 2. The zero-order valence-corrected chi connectivity index (χ0v) is 9.97. The zero-order valence-electron chi connectivity index (χ0n) is 9.97. The number of carbonyl (C=O) groups is 1. The molecule has 0 fully saturated rings. The Bertz CT molecular complexity index is 489. The summed E-state index contributed by atoms with van der Waals surface area (Å²) >= 11 is 0. The number of nitrogens with one attached hydrogen (secondary N) is 1. The molecule has 18 heavy (non-hydrogen) atoms. The number of hydrogen-bond donors (Lipinski definition) is 2. The normalized spacial score (nSPS) is 9.83. The van der Waals surface area contributed by atoms with Crippen molar-refractivity contribution in [3.63, 3.8) is 0 Å². The van der Waals surface area contributed by atoms with Crippen molar-refractivity contribution >= 4 is 5.91 Å². The molecule has 0 heterocycles. The molecule has 0 spiro atoms. The molecule has 3 nitrogen and oxygen atoms in total. The SMILES string of the molecule is Cc1cc(C(=O)NCC(F)F)ccc1C#CCN. The van der Waals surface area contributed by atoms with Crippen molar-refractivity contribution in [3.05, 3.63) is 34.9 Å². The molecule has 0 bridgehead atoms. The van der Waals surface area contributed by atoms with Crippen LogP contribution in [-0.2, 0) is 0 Å². The van der Waals surface area contributed by atoms with Crippen LogP contribution in [0.2, 0.25) is 0 Å². The molecule has 0 aliphatic heterocycles. The number of hydrogen-bond acceptors (Lipinski definition) is 2. The molecule has 1 aromatic carbocycles. The van der Waals surface area contributed by atoms with Gasteiger partial charge in [0, 0.05) is 11.1 Å². The number of benzene rings is 1. The van der Waals surface area contributed by atoms with E-state index in [0.717, 1.165) is 11.1 Å². The molecule has 1 aromatic rings. The van der Waals surface area contributed by atoms with Crippen molar-refractivity contribution in [2.45, 2.75) is 13.3 Å². The van der Waals surface area contributed by atoms with E-state index >= 15 is 0 Å². The van der Waals surface area contributed by atoms with Gasteiger partial charge in [0.15, 0.2) is 0 Å². The number of aryl methyl sites for hydroxylation is 1. The highest BCUT2D eigenvalue weighted by Crippen LogP contribution is 2.10. The Morgan fingerprint density at radius 2 is 2.22 bits per heavy atom. The minimum Gasteiger partial charge on any atom is -0.346 e. The lowest BCUT2D eigenvalue weighted by molar-refractivity contribution is 0.0891. The first-order chi connectivity index (χ1) is 8.54. The van der Waals surface area contributed by atoms with Crippen molar-refractivity contribution < 1.29 is 13.6 Å². The largest absolute Gasteiger partial charge is 0.346 e. The van der Waals surface area contributed by atoms with Crippen molar-refractivity contribution in [1.29, 1.82) is 0 Å². The second kappa shape index (κ2) is 6.72. The number of amides is 1. The molecule has 0 saturated heterocycles. The molecule has 0 saturated carbocycles. The summed E-state index contributed by atoms with van der Waals surface area (Å²) in [6, 6.07) is 4.84. The van der Waals surface area contributed by atoms with Gasteiger partial charge < -0.3 is 11.1 Å². The van der Waals surface area contributed by atoms with Crippen LogP contribution in [0.4, 0.5) is 8.78 Å². The van der Waals surface area contributed by atoms with E-state index in [2.05, 4.69) is 17.2 Å². The molecule has 0 atom stereocenters. The summed E-state index contributed by atoms with van der Waals surface area (Å²) in [6.45, 7) is 1.41. The summed E-state index contributed by atoms with van der Waals surface area (Å²) in [6.07, 6.45) is -2.55. The molecular formula is C13H14F2N2O. The van der Waals surface area contributed by atoms with Crippen LogP contribution >= 0.6 is 0 Å². The summed E-state index contributed by atoms with van der Waals surface area (Å²) in [7, 11) is 0. The summed E-state index contributed by atoms with van der Waals surface area (Å²) in [5.41, 5.74) is 7.18. The molecule has 5 heteroatoms. The van der Waals surface area contributed by atoms with Crippen LogP contribution in [0.15, 0.2) is 18.2 Å². The molecule has 0 aliphatic rings. The van der Waals surface area contributed by atoms with Gasteiger partial charge in [-0.1, -0.05) is 11.8 Å². The van der Waals surface area contributed by atoms with Crippen LogP contribution in [0.5, 0.6) is 0 Å². The second-order valence-electron chi connectivity index (χ2n) is 3.64. The monoisotopic (exact) mass is 252 g/mol. The maximum Gasteiger partial charge on any atom is 0.255 e. The van der Waals surface area contributed by atoms with Crippen molar-refractivity contribution in [2.75, 3.05) is 13.1 Å². The van der Waals surface area contributed by atoms with Gasteiger partial charge in [0.1, 0.15) is 0 Å². The Morgan fingerprint density at radius 3 is 2.78 bits per heavy atom. The highest BCUT2D eigenvalue weighted by molar-refractivity contribution is 5.94. The first kappa shape index (κ1) is 14.1. The Kier molecular flexibility index (Phi) is 5.28. The van der Waals surface area contributed by atoms with Gasteiger partial charge in [-0.15, -0.1) is 0 Å². The van der Waals surface area contributed by atoms with Gasteiger partial charge >= 0.3 is 0 Å². The fraction of sp³-hybridized carbons (Fsp3) is 0.308. The molecule has 3 N–H and O–H groups in total. The lowest BCUT2D eigenvalue weighted by Gasteiger charge is -2.06. The summed E-state index contributed by atoms with van der Waals surface area (Å²) in [4.78, 5) is 11.5. The third-order valence-corrected chi connectivity index (χ3v) is 2.23. The van der Waals surface area contributed by atoms with Crippen molar-refractivity contribution in [1.82, 2.24) is 5.32 Å². The second-order valence-corrected chi connectivity index (χ2v) is 3.64. The highest BCUT2D eigenvalue weighted by Gasteiger charge is 2.09. The van der Waals surface area contributed by atoms with Gasteiger partial charge in [-0.05, 0) is 30.7 Å². The van der Waals surface area contributed by atoms with E-state index in [4.69, 9.17) is 5.73 Å². The van der Waals surface area contributed by atoms with Crippen LogP contribution < -0.4 is 11.1 Å². The van der Waals surface area contributed by atoms with E-state index in [1.165, 1.54) is 0 Å². The Hall–Kier alpha value is -1.93. The van der Waals surface area contributed by atoms with Crippen LogP contribution in [0, 0.1) is 18.8 Å². The third kappa shape index (κ3) is 4.15. The van der Waals surface area contributed by atoms with Gasteiger partial charge in [0.25, 0.3) is 12.3 Å². The van der Waals surface area contributed by atoms with Crippen LogP contribution in [0.25, 0.3) is 0 Å². The zero-order chi connectivity index (χ0) is 13.5. The van der Waals surface area contributed by atoms with E-state index in [1.54, 1.807) is 25.1 Å². The molecule has 1 amide bonds. The van der Waals surface area contributed by atoms with E-state index in [9.17, 15) is 13.6 Å². The molecule has 0 aliphatic carbocycles. The lowest BCUT2D eigenvalue weighted by Crippen LogP contribution is -2.28. The molecule has 1 rings (SSSR count). The van der Waals surface area contributed by atoms with Crippen LogP contribution in [-0.4, -0.2) is 25.4 Å². The number of carbonyl (C=O) groups excluding carboxylic acids is 1. The van der Waals surface area contributed by atoms with E-state index in [-0.39, 0.29) is 6.54 Å². The maximum atomic E-state index is 11.9. The van der Waals surface area contributed by atoms with Crippen molar-refractivity contribution in [2.24, 2.45) is 5.73 Å². The first-order valence-electron chi connectivity index (χ1n) is 5.40. The van der Waals surface area contributed by atoms with Crippen LogP contribution in [0.1, 0.15) is 21.5 Å². The van der Waals surface area contributed by atoms with Gasteiger partial charge in [-0.2, -0.15) is 0 Å². The summed E-state index contributed by atoms with van der Waals surface area (Å²) in [5, 5.41) is 2.14. The smallest absolute Gasteiger partial charge is 0.255 e. The minimum absolute atomic E-state index is 0.260. The minimum atomic E-state index is -2.55. The highest BCUT2D eigenvalue weighted by atomic mass is 19.3. The summed E-state index contributed by atoms with van der Waals surface area (Å²) < 4.78 is 23.9. The number of alkyl halides is 2. The van der Waals surface area contributed by atoms with Crippen LogP contribution in [0.3, 0.4) is 0 Å². The number of nitrogens with two attached hydrogens (primary N) is 1. The Morgan fingerprint density at radius 1 is 1.50 bits per heavy atom. The average molecular weight is 252 g/mol.